The van der Waals surface area contributed by atoms with Crippen molar-refractivity contribution in [1.82, 2.24) is 0 Å². The molecule has 0 atom stereocenters. The van der Waals surface area contributed by atoms with Gasteiger partial charge >= 0.3 is 0 Å². The van der Waals surface area contributed by atoms with Crippen LogP contribution in [0.25, 0.3) is 0 Å². The Balaban J connectivity index is 2.07. The smallest absolute Gasteiger partial charge is 0.161 e. The largest absolute Gasteiger partial charge is 0.490 e. The number of hydrazone groups is 1. The summed E-state index contributed by atoms with van der Waals surface area (Å²) in [5, 5.41) is 4.22. The van der Waals surface area contributed by atoms with Crippen LogP contribution in [0.4, 0.5) is 5.69 Å². The Labute approximate surface area is 125 Å². The Bertz CT molecular complexity index is 583. The summed E-state index contributed by atoms with van der Waals surface area (Å²) in [6.07, 6.45) is 1.76. The van der Waals surface area contributed by atoms with Crippen molar-refractivity contribution in [3.05, 3.63) is 54.1 Å². The Morgan fingerprint density at radius 2 is 1.67 bits per heavy atom. The normalized spacial score (nSPS) is 10.6. The van der Waals surface area contributed by atoms with E-state index in [4.69, 9.17) is 9.47 Å². The maximum atomic E-state index is 5.59. The highest BCUT2D eigenvalue weighted by molar-refractivity contribution is 5.81. The van der Waals surface area contributed by atoms with Crippen LogP contribution < -0.4 is 14.9 Å². The highest BCUT2D eigenvalue weighted by atomic mass is 16.5. The third-order valence-electron chi connectivity index (χ3n) is 2.75. The van der Waals surface area contributed by atoms with Gasteiger partial charge in [-0.05, 0) is 49.7 Å². The standard InChI is InChI=1S/C17H20N2O2/c1-3-20-16-11-10-14(12-17(16)21-4-2)13-18-19-15-8-6-5-7-9-15/h5-13,19H,3-4H2,1-2H3/b18-13-. The summed E-state index contributed by atoms with van der Waals surface area (Å²) in [7, 11) is 0. The molecule has 0 bridgehead atoms. The van der Waals surface area contributed by atoms with Crippen LogP contribution in [0.15, 0.2) is 53.6 Å². The van der Waals surface area contributed by atoms with Gasteiger partial charge in [0.25, 0.3) is 0 Å². The molecule has 110 valence electrons. The maximum Gasteiger partial charge on any atom is 0.161 e. The van der Waals surface area contributed by atoms with E-state index in [1.54, 1.807) is 6.21 Å². The molecule has 0 spiro atoms. The predicted octanol–water partition coefficient (Wildman–Crippen LogP) is 3.93. The average Bonchev–Trinajstić information content (AvgIpc) is 2.51. The van der Waals surface area contributed by atoms with Gasteiger partial charge in [0.1, 0.15) is 0 Å². The summed E-state index contributed by atoms with van der Waals surface area (Å²) in [5.41, 5.74) is 4.88. The van der Waals surface area contributed by atoms with Gasteiger partial charge in [-0.1, -0.05) is 18.2 Å². The molecule has 2 aromatic rings. The zero-order valence-electron chi connectivity index (χ0n) is 12.4. The Kier molecular flexibility index (Phi) is 5.64. The maximum absolute atomic E-state index is 5.59. The molecule has 0 aliphatic rings. The van der Waals surface area contributed by atoms with E-state index in [1.807, 2.05) is 62.4 Å². The van der Waals surface area contributed by atoms with E-state index in [0.717, 1.165) is 22.7 Å². The van der Waals surface area contributed by atoms with Crippen molar-refractivity contribution in [2.45, 2.75) is 13.8 Å². The SMILES string of the molecule is CCOc1ccc(/C=N\Nc2ccccc2)cc1OCC. The second-order valence-electron chi connectivity index (χ2n) is 4.31. The molecule has 4 nitrogen and oxygen atoms in total. The zero-order valence-corrected chi connectivity index (χ0v) is 12.4. The number of rotatable bonds is 7. The van der Waals surface area contributed by atoms with Gasteiger partial charge in [0, 0.05) is 0 Å². The van der Waals surface area contributed by atoms with Crippen molar-refractivity contribution in [1.29, 1.82) is 0 Å². The minimum Gasteiger partial charge on any atom is -0.490 e. The number of anilines is 1. The van der Waals surface area contributed by atoms with Crippen molar-refractivity contribution < 1.29 is 9.47 Å². The molecule has 4 heteroatoms. The quantitative estimate of drug-likeness (QED) is 0.619. The molecule has 0 saturated heterocycles. The van der Waals surface area contributed by atoms with Crippen molar-refractivity contribution >= 4 is 11.9 Å². The van der Waals surface area contributed by atoms with Gasteiger partial charge in [0.2, 0.25) is 0 Å². The molecule has 2 aromatic carbocycles. The van der Waals surface area contributed by atoms with Gasteiger partial charge in [0.15, 0.2) is 11.5 Å². The van der Waals surface area contributed by atoms with E-state index in [9.17, 15) is 0 Å². The lowest BCUT2D eigenvalue weighted by Gasteiger charge is -2.11. The van der Waals surface area contributed by atoms with E-state index in [-0.39, 0.29) is 0 Å². The van der Waals surface area contributed by atoms with Crippen LogP contribution in [0.5, 0.6) is 11.5 Å². The van der Waals surface area contributed by atoms with Gasteiger partial charge in [0.05, 0.1) is 25.1 Å². The predicted molar refractivity (Wildman–Crippen MR) is 86.4 cm³/mol. The second kappa shape index (κ2) is 7.94. The van der Waals surface area contributed by atoms with Crippen molar-refractivity contribution in [3.63, 3.8) is 0 Å². The first-order valence-corrected chi connectivity index (χ1v) is 7.07. The molecule has 2 rings (SSSR count). The first-order valence-electron chi connectivity index (χ1n) is 7.07. The van der Waals surface area contributed by atoms with Crippen LogP contribution in [0, 0.1) is 0 Å². The fourth-order valence-electron chi connectivity index (χ4n) is 1.84. The number of nitrogens with one attached hydrogen (secondary N) is 1. The van der Waals surface area contributed by atoms with E-state index in [2.05, 4.69) is 10.5 Å². The lowest BCUT2D eigenvalue weighted by molar-refractivity contribution is 0.288. The van der Waals surface area contributed by atoms with Crippen molar-refractivity contribution in [2.24, 2.45) is 5.10 Å². The molecule has 0 amide bonds. The zero-order chi connectivity index (χ0) is 14.9. The lowest BCUT2D eigenvalue weighted by Crippen LogP contribution is -1.99. The Morgan fingerprint density at radius 1 is 0.952 bits per heavy atom. The Hall–Kier alpha value is -2.49. The monoisotopic (exact) mass is 284 g/mol. The number of benzene rings is 2. The minimum absolute atomic E-state index is 0.600. The van der Waals surface area contributed by atoms with Crippen LogP contribution in [0.3, 0.4) is 0 Å². The molecule has 1 N–H and O–H groups in total. The number of hydrogen-bond acceptors (Lipinski definition) is 4. The average molecular weight is 284 g/mol. The molecule has 0 aliphatic carbocycles. The number of hydrogen-bond donors (Lipinski definition) is 1. The number of para-hydroxylation sites is 1. The summed E-state index contributed by atoms with van der Waals surface area (Å²) in [6, 6.07) is 15.6. The topological polar surface area (TPSA) is 42.8 Å². The molecule has 0 unspecified atom stereocenters. The molecule has 0 saturated carbocycles. The molecule has 0 aromatic heterocycles. The highest BCUT2D eigenvalue weighted by Gasteiger charge is 2.04. The first-order chi connectivity index (χ1) is 10.3. The number of nitrogens with zero attached hydrogens (tertiary/aromatic N) is 1. The van der Waals surface area contributed by atoms with E-state index >= 15 is 0 Å². The van der Waals surface area contributed by atoms with E-state index < -0.39 is 0 Å². The van der Waals surface area contributed by atoms with Gasteiger partial charge < -0.3 is 9.47 Å². The molecule has 0 aliphatic heterocycles. The summed E-state index contributed by atoms with van der Waals surface area (Å²) >= 11 is 0. The van der Waals surface area contributed by atoms with Crippen molar-refractivity contribution in [2.75, 3.05) is 18.6 Å². The summed E-state index contributed by atoms with van der Waals surface area (Å²) in [5.74, 6) is 1.50. The van der Waals surface area contributed by atoms with Crippen LogP contribution in [0.1, 0.15) is 19.4 Å². The highest BCUT2D eigenvalue weighted by Crippen LogP contribution is 2.28. The molecule has 21 heavy (non-hydrogen) atoms. The fraction of sp³-hybridized carbons (Fsp3) is 0.235. The van der Waals surface area contributed by atoms with Crippen LogP contribution in [-0.2, 0) is 0 Å². The lowest BCUT2D eigenvalue weighted by atomic mass is 10.2. The van der Waals surface area contributed by atoms with Crippen LogP contribution >= 0.6 is 0 Å². The fourth-order valence-corrected chi connectivity index (χ4v) is 1.84. The molecular weight excluding hydrogens is 264 g/mol. The van der Waals surface area contributed by atoms with Crippen LogP contribution in [0.2, 0.25) is 0 Å². The summed E-state index contributed by atoms with van der Waals surface area (Å²) < 4.78 is 11.1. The molecule has 0 heterocycles. The summed E-state index contributed by atoms with van der Waals surface area (Å²) in [6.45, 7) is 5.12. The molecule has 0 fully saturated rings. The minimum atomic E-state index is 0.600. The van der Waals surface area contributed by atoms with E-state index in [1.165, 1.54) is 0 Å². The van der Waals surface area contributed by atoms with Gasteiger partial charge in [-0.25, -0.2) is 0 Å². The van der Waals surface area contributed by atoms with Crippen LogP contribution in [-0.4, -0.2) is 19.4 Å². The van der Waals surface area contributed by atoms with Gasteiger partial charge in [-0.3, -0.25) is 5.43 Å². The molecule has 0 radical (unpaired) electrons. The second-order valence-corrected chi connectivity index (χ2v) is 4.31. The van der Waals surface area contributed by atoms with Crippen molar-refractivity contribution in [3.8, 4) is 11.5 Å². The third-order valence-corrected chi connectivity index (χ3v) is 2.75. The van der Waals surface area contributed by atoms with E-state index in [0.29, 0.717) is 13.2 Å². The first kappa shape index (κ1) is 14.9. The molecular formula is C17H20N2O2. The summed E-state index contributed by atoms with van der Waals surface area (Å²) in [4.78, 5) is 0. The Morgan fingerprint density at radius 3 is 2.38 bits per heavy atom. The number of ether oxygens (including phenoxy) is 2. The van der Waals surface area contributed by atoms with Gasteiger partial charge in [-0.2, -0.15) is 5.10 Å². The third kappa shape index (κ3) is 4.53. The van der Waals surface area contributed by atoms with Gasteiger partial charge in [-0.15, -0.1) is 0 Å².